The van der Waals surface area contributed by atoms with E-state index in [2.05, 4.69) is 20.7 Å². The number of carbonyl (C=O) groups excluding carboxylic acids is 3. The number of carbonyl (C=O) groups is 3. The summed E-state index contributed by atoms with van der Waals surface area (Å²) in [5.74, 6) is 0.592. The van der Waals surface area contributed by atoms with Crippen molar-refractivity contribution in [3.8, 4) is 12.3 Å². The number of terminal acetylenes is 1. The number of methoxy groups -OCH3 is 2. The van der Waals surface area contributed by atoms with Crippen molar-refractivity contribution in [2.75, 3.05) is 14.2 Å². The summed E-state index contributed by atoms with van der Waals surface area (Å²) in [6.45, 7) is 0. The maximum absolute atomic E-state index is 11.3. The van der Waals surface area contributed by atoms with Crippen LogP contribution < -0.4 is 5.32 Å². The quantitative estimate of drug-likeness (QED) is 0.506. The van der Waals surface area contributed by atoms with Gasteiger partial charge in [-0.15, -0.1) is 6.42 Å². The third kappa shape index (κ3) is 6.20. The lowest BCUT2D eigenvalue weighted by Gasteiger charge is -2.15. The molecule has 0 saturated heterocycles. The largest absolute Gasteiger partial charge is 0.469 e. The van der Waals surface area contributed by atoms with E-state index in [0.29, 0.717) is 0 Å². The topological polar surface area (TPSA) is 81.7 Å². The second kappa shape index (κ2) is 8.16. The highest BCUT2D eigenvalue weighted by atomic mass is 16.5. The summed E-state index contributed by atoms with van der Waals surface area (Å²) in [6.07, 6.45) is 4.94. The Hall–Kier alpha value is -2.03. The Morgan fingerprint density at radius 1 is 1.29 bits per heavy atom. The number of ether oxygens (including phenoxy) is 2. The minimum atomic E-state index is -0.889. The number of nitrogens with one attached hydrogen (secondary N) is 1. The zero-order chi connectivity index (χ0) is 13.3. The summed E-state index contributed by atoms with van der Waals surface area (Å²) in [7, 11) is 2.44. The number of hydrogen-bond donors (Lipinski definition) is 1. The Kier molecular flexibility index (Phi) is 7.19. The molecule has 0 aliphatic carbocycles. The van der Waals surface area contributed by atoms with Crippen molar-refractivity contribution in [1.82, 2.24) is 5.32 Å². The fourth-order valence-corrected chi connectivity index (χ4v) is 1.09. The van der Waals surface area contributed by atoms with E-state index in [1.54, 1.807) is 0 Å². The highest BCUT2D eigenvalue weighted by Crippen LogP contribution is 2.01. The normalized spacial score (nSPS) is 10.9. The van der Waals surface area contributed by atoms with Gasteiger partial charge >= 0.3 is 11.9 Å². The molecule has 94 valence electrons. The highest BCUT2D eigenvalue weighted by molar-refractivity contribution is 5.85. The van der Waals surface area contributed by atoms with Crippen LogP contribution in [0.5, 0.6) is 0 Å². The summed E-state index contributed by atoms with van der Waals surface area (Å²) in [4.78, 5) is 33.4. The lowest BCUT2D eigenvalue weighted by molar-refractivity contribution is -0.146. The first-order valence-corrected chi connectivity index (χ1v) is 4.92. The monoisotopic (exact) mass is 241 g/mol. The van der Waals surface area contributed by atoms with Crippen LogP contribution in [-0.4, -0.2) is 38.1 Å². The van der Waals surface area contributed by atoms with Crippen LogP contribution in [0.25, 0.3) is 0 Å². The molecule has 1 N–H and O–H groups in total. The lowest BCUT2D eigenvalue weighted by Crippen LogP contribution is -2.41. The summed E-state index contributed by atoms with van der Waals surface area (Å²) in [5, 5.41) is 2.38. The molecule has 1 atom stereocenters. The van der Waals surface area contributed by atoms with Gasteiger partial charge in [-0.05, 0) is 6.42 Å². The average molecular weight is 241 g/mol. The minimum absolute atomic E-state index is 0.00655. The van der Waals surface area contributed by atoms with Crippen molar-refractivity contribution in [2.45, 2.75) is 25.3 Å². The van der Waals surface area contributed by atoms with Crippen molar-refractivity contribution < 1.29 is 23.9 Å². The van der Waals surface area contributed by atoms with Gasteiger partial charge in [0.2, 0.25) is 5.91 Å². The van der Waals surface area contributed by atoms with Gasteiger partial charge in [0, 0.05) is 6.42 Å². The molecule has 0 aromatic heterocycles. The third-order valence-electron chi connectivity index (χ3n) is 1.95. The van der Waals surface area contributed by atoms with Crippen LogP contribution in [0.3, 0.4) is 0 Å². The van der Waals surface area contributed by atoms with Crippen molar-refractivity contribution >= 4 is 17.8 Å². The van der Waals surface area contributed by atoms with Crippen LogP contribution in [0.4, 0.5) is 0 Å². The summed E-state index contributed by atoms with van der Waals surface area (Å²) < 4.78 is 8.93. The summed E-state index contributed by atoms with van der Waals surface area (Å²) in [6, 6.07) is -0.889. The van der Waals surface area contributed by atoms with Gasteiger partial charge in [-0.2, -0.15) is 0 Å². The first kappa shape index (κ1) is 15.0. The van der Waals surface area contributed by atoms with E-state index in [9.17, 15) is 14.4 Å². The standard InChI is InChI=1S/C11H15NO5/c1-4-5-9(13)12-8(11(15)17-3)6-7-10(14)16-2/h1,8H,5-7H2,2-3H3,(H,12,13)/t8-/m1/s1. The van der Waals surface area contributed by atoms with E-state index in [1.165, 1.54) is 14.2 Å². The predicted molar refractivity (Wildman–Crippen MR) is 58.6 cm³/mol. The fourth-order valence-electron chi connectivity index (χ4n) is 1.09. The lowest BCUT2D eigenvalue weighted by atomic mass is 10.1. The summed E-state index contributed by atoms with van der Waals surface area (Å²) >= 11 is 0. The molecule has 0 bridgehead atoms. The molecule has 0 radical (unpaired) electrons. The van der Waals surface area contributed by atoms with Crippen LogP contribution >= 0.6 is 0 Å². The molecule has 0 aliphatic heterocycles. The average Bonchev–Trinajstić information content (AvgIpc) is 2.33. The van der Waals surface area contributed by atoms with Crippen LogP contribution in [-0.2, 0) is 23.9 Å². The number of rotatable bonds is 6. The maximum Gasteiger partial charge on any atom is 0.328 e. The zero-order valence-corrected chi connectivity index (χ0v) is 9.82. The van der Waals surface area contributed by atoms with E-state index in [1.807, 2.05) is 0 Å². The third-order valence-corrected chi connectivity index (χ3v) is 1.95. The molecule has 0 saturated carbocycles. The first-order valence-electron chi connectivity index (χ1n) is 4.92. The molecule has 0 fully saturated rings. The maximum atomic E-state index is 11.3. The highest BCUT2D eigenvalue weighted by Gasteiger charge is 2.22. The number of esters is 2. The molecule has 6 heteroatoms. The van der Waals surface area contributed by atoms with Gasteiger partial charge in [0.1, 0.15) is 6.04 Å². The Labute approximate surface area is 99.6 Å². The van der Waals surface area contributed by atoms with E-state index < -0.39 is 23.9 Å². The molecule has 1 amide bonds. The van der Waals surface area contributed by atoms with Gasteiger partial charge in [-0.3, -0.25) is 9.59 Å². The van der Waals surface area contributed by atoms with Crippen LogP contribution in [0, 0.1) is 12.3 Å². The molecule has 17 heavy (non-hydrogen) atoms. The molecule has 0 unspecified atom stereocenters. The van der Waals surface area contributed by atoms with Gasteiger partial charge in [-0.25, -0.2) is 4.79 Å². The summed E-state index contributed by atoms with van der Waals surface area (Å²) in [5.41, 5.74) is 0. The Balaban J connectivity index is 4.34. The molecule has 0 spiro atoms. The van der Waals surface area contributed by atoms with E-state index >= 15 is 0 Å². The number of hydrogen-bond acceptors (Lipinski definition) is 5. The van der Waals surface area contributed by atoms with E-state index in [0.717, 1.165) is 0 Å². The SMILES string of the molecule is C#CCC(=O)N[C@H](CCC(=O)OC)C(=O)OC. The molecule has 0 heterocycles. The molecule has 0 aromatic rings. The van der Waals surface area contributed by atoms with E-state index in [4.69, 9.17) is 6.42 Å². The Morgan fingerprint density at radius 2 is 1.94 bits per heavy atom. The van der Waals surface area contributed by atoms with Gasteiger partial charge in [0.05, 0.1) is 20.6 Å². The predicted octanol–water partition coefficient (Wildman–Crippen LogP) is -0.379. The molecular weight excluding hydrogens is 226 g/mol. The molecule has 0 rings (SSSR count). The van der Waals surface area contributed by atoms with Crippen LogP contribution in [0.2, 0.25) is 0 Å². The second-order valence-corrected chi connectivity index (χ2v) is 3.14. The van der Waals surface area contributed by atoms with Gasteiger partial charge in [0.15, 0.2) is 0 Å². The minimum Gasteiger partial charge on any atom is -0.469 e. The van der Waals surface area contributed by atoms with Gasteiger partial charge in [0.25, 0.3) is 0 Å². The molecule has 0 aliphatic rings. The first-order chi connectivity index (χ1) is 8.04. The number of amides is 1. The van der Waals surface area contributed by atoms with Crippen molar-refractivity contribution in [3.05, 3.63) is 0 Å². The van der Waals surface area contributed by atoms with Gasteiger partial charge < -0.3 is 14.8 Å². The van der Waals surface area contributed by atoms with Crippen molar-refractivity contribution in [1.29, 1.82) is 0 Å². The molecule has 6 nitrogen and oxygen atoms in total. The van der Waals surface area contributed by atoms with Gasteiger partial charge in [-0.1, -0.05) is 5.92 Å². The molecule has 0 aromatic carbocycles. The second-order valence-electron chi connectivity index (χ2n) is 3.14. The van der Waals surface area contributed by atoms with Crippen molar-refractivity contribution in [3.63, 3.8) is 0 Å². The molecular formula is C11H15NO5. The van der Waals surface area contributed by atoms with E-state index in [-0.39, 0.29) is 19.3 Å². The fraction of sp³-hybridized carbons (Fsp3) is 0.545. The van der Waals surface area contributed by atoms with Crippen LogP contribution in [0.1, 0.15) is 19.3 Å². The Bertz CT molecular complexity index is 331. The van der Waals surface area contributed by atoms with Crippen molar-refractivity contribution in [2.24, 2.45) is 0 Å². The smallest absolute Gasteiger partial charge is 0.328 e. The Morgan fingerprint density at radius 3 is 2.41 bits per heavy atom. The zero-order valence-electron chi connectivity index (χ0n) is 9.82. The van der Waals surface area contributed by atoms with Crippen LogP contribution in [0.15, 0.2) is 0 Å².